The molecule has 0 saturated heterocycles. The monoisotopic (exact) mass is 386 g/mol. The second kappa shape index (κ2) is 8.15. The molecule has 2 aromatic carbocycles. The van der Waals surface area contributed by atoms with Crippen LogP contribution in [-0.4, -0.2) is 26.1 Å². The average molecular weight is 387 g/mol. The molecule has 0 spiro atoms. The van der Waals surface area contributed by atoms with E-state index in [1.807, 2.05) is 19.1 Å². The molecule has 0 aliphatic carbocycles. The maximum atomic E-state index is 12.6. The van der Waals surface area contributed by atoms with E-state index in [9.17, 15) is 8.42 Å². The lowest BCUT2D eigenvalue weighted by Crippen LogP contribution is -2.32. The molecule has 5 nitrogen and oxygen atoms in total. The molecule has 6 heteroatoms. The Morgan fingerprint density at radius 1 is 1.11 bits per heavy atom. The normalized spacial score (nSPS) is 13.0. The molecule has 1 N–H and O–H groups in total. The lowest BCUT2D eigenvalue weighted by atomic mass is 10.1. The Morgan fingerprint density at radius 3 is 2.48 bits per heavy atom. The van der Waals surface area contributed by atoms with Crippen LogP contribution in [0.5, 0.6) is 5.75 Å². The molecule has 27 heavy (non-hydrogen) atoms. The molecule has 0 bridgehead atoms. The highest BCUT2D eigenvalue weighted by Crippen LogP contribution is 2.23. The Labute approximate surface area is 161 Å². The van der Waals surface area contributed by atoms with Crippen molar-refractivity contribution in [1.82, 2.24) is 9.29 Å². The van der Waals surface area contributed by atoms with Gasteiger partial charge in [-0.1, -0.05) is 18.2 Å². The number of sulfonamides is 1. The molecule has 0 aliphatic rings. The van der Waals surface area contributed by atoms with E-state index in [1.165, 1.54) is 16.5 Å². The van der Waals surface area contributed by atoms with Gasteiger partial charge in [-0.25, -0.2) is 13.1 Å². The Morgan fingerprint density at radius 2 is 1.81 bits per heavy atom. The standard InChI is InChI=1S/C21H26N2O3S/c1-4-23-15-17(20-7-5-6-8-21(20)23)10-9-16(2)22-27(24,25)19-13-11-18(26-3)12-14-19/h5-8,11-16,22H,4,9-10H2,1-3H3/t16-/m0/s1. The third kappa shape index (κ3) is 4.34. The van der Waals surface area contributed by atoms with Crippen LogP contribution in [0.2, 0.25) is 0 Å². The van der Waals surface area contributed by atoms with Gasteiger partial charge >= 0.3 is 0 Å². The van der Waals surface area contributed by atoms with Gasteiger partial charge in [-0.3, -0.25) is 0 Å². The third-order valence-corrected chi connectivity index (χ3v) is 6.39. The Kier molecular flexibility index (Phi) is 5.87. The molecule has 0 radical (unpaired) electrons. The number of nitrogens with one attached hydrogen (secondary N) is 1. The summed E-state index contributed by atoms with van der Waals surface area (Å²) in [5, 5.41) is 1.24. The largest absolute Gasteiger partial charge is 0.497 e. The first-order valence-corrected chi connectivity index (χ1v) is 10.7. The van der Waals surface area contributed by atoms with Crippen LogP contribution in [0.15, 0.2) is 59.6 Å². The molecule has 1 aromatic heterocycles. The number of para-hydroxylation sites is 1. The van der Waals surface area contributed by atoms with Gasteiger partial charge in [0.2, 0.25) is 10.0 Å². The lowest BCUT2D eigenvalue weighted by molar-refractivity contribution is 0.414. The number of ether oxygens (including phenoxy) is 1. The number of hydrogen-bond donors (Lipinski definition) is 1. The highest BCUT2D eigenvalue weighted by Gasteiger charge is 2.18. The van der Waals surface area contributed by atoms with E-state index in [0.29, 0.717) is 5.75 Å². The van der Waals surface area contributed by atoms with Crippen LogP contribution in [0.4, 0.5) is 0 Å². The molecule has 3 aromatic rings. The van der Waals surface area contributed by atoms with Crippen molar-refractivity contribution in [3.8, 4) is 5.75 Å². The third-order valence-electron chi connectivity index (χ3n) is 4.78. The predicted octanol–water partition coefficient (Wildman–Crippen LogP) is 3.97. The van der Waals surface area contributed by atoms with Crippen molar-refractivity contribution in [2.24, 2.45) is 0 Å². The minimum Gasteiger partial charge on any atom is -0.497 e. The first-order chi connectivity index (χ1) is 12.9. The Balaban J connectivity index is 1.68. The van der Waals surface area contributed by atoms with Crippen LogP contribution in [-0.2, 0) is 23.0 Å². The van der Waals surface area contributed by atoms with Gasteiger partial charge in [0.05, 0.1) is 12.0 Å². The van der Waals surface area contributed by atoms with Crippen LogP contribution >= 0.6 is 0 Å². The first-order valence-electron chi connectivity index (χ1n) is 9.17. The molecule has 0 aliphatic heterocycles. The van der Waals surface area contributed by atoms with Crippen molar-refractivity contribution in [3.63, 3.8) is 0 Å². The van der Waals surface area contributed by atoms with Gasteiger partial charge in [0.1, 0.15) is 5.75 Å². The Hall–Kier alpha value is -2.31. The van der Waals surface area contributed by atoms with Crippen molar-refractivity contribution < 1.29 is 13.2 Å². The van der Waals surface area contributed by atoms with E-state index in [2.05, 4.69) is 34.5 Å². The highest BCUT2D eigenvalue weighted by molar-refractivity contribution is 7.89. The quantitative estimate of drug-likeness (QED) is 0.637. The van der Waals surface area contributed by atoms with Gasteiger partial charge in [-0.05, 0) is 62.6 Å². The summed E-state index contributed by atoms with van der Waals surface area (Å²) < 4.78 is 35.2. The molecule has 0 saturated carbocycles. The van der Waals surface area contributed by atoms with Crippen LogP contribution in [0.25, 0.3) is 10.9 Å². The molecule has 1 atom stereocenters. The van der Waals surface area contributed by atoms with Crippen molar-refractivity contribution in [1.29, 1.82) is 0 Å². The number of nitrogens with zero attached hydrogens (tertiary/aromatic N) is 1. The summed E-state index contributed by atoms with van der Waals surface area (Å²) in [4.78, 5) is 0.248. The number of aryl methyl sites for hydroxylation is 2. The zero-order valence-corrected chi connectivity index (χ0v) is 16.8. The summed E-state index contributed by atoms with van der Waals surface area (Å²) in [6.07, 6.45) is 3.72. The second-order valence-electron chi connectivity index (χ2n) is 6.69. The van der Waals surface area contributed by atoms with Gasteiger partial charge in [-0.15, -0.1) is 0 Å². The number of benzene rings is 2. The van der Waals surface area contributed by atoms with Gasteiger partial charge in [0, 0.05) is 29.7 Å². The van der Waals surface area contributed by atoms with E-state index < -0.39 is 10.0 Å². The van der Waals surface area contributed by atoms with E-state index in [-0.39, 0.29) is 10.9 Å². The highest BCUT2D eigenvalue weighted by atomic mass is 32.2. The van der Waals surface area contributed by atoms with Crippen LogP contribution in [0.3, 0.4) is 0 Å². The minimum atomic E-state index is -3.54. The average Bonchev–Trinajstić information content (AvgIpc) is 3.04. The van der Waals surface area contributed by atoms with Crippen molar-refractivity contribution in [2.45, 2.75) is 44.2 Å². The van der Waals surface area contributed by atoms with Gasteiger partial charge in [0.25, 0.3) is 0 Å². The molecule has 144 valence electrons. The van der Waals surface area contributed by atoms with Crippen molar-refractivity contribution in [3.05, 3.63) is 60.3 Å². The van der Waals surface area contributed by atoms with Crippen molar-refractivity contribution >= 4 is 20.9 Å². The van der Waals surface area contributed by atoms with Gasteiger partial charge < -0.3 is 9.30 Å². The molecular weight excluding hydrogens is 360 g/mol. The fourth-order valence-corrected chi connectivity index (χ4v) is 4.58. The molecular formula is C21H26N2O3S. The summed E-state index contributed by atoms with van der Waals surface area (Å²) in [5.74, 6) is 0.634. The van der Waals surface area contributed by atoms with Crippen molar-refractivity contribution in [2.75, 3.05) is 7.11 Å². The minimum absolute atomic E-state index is 0.166. The molecule has 1 heterocycles. The fourth-order valence-electron chi connectivity index (χ4n) is 3.30. The molecule has 0 fully saturated rings. The fraction of sp³-hybridized carbons (Fsp3) is 0.333. The Bertz CT molecular complexity index is 1010. The summed E-state index contributed by atoms with van der Waals surface area (Å²) in [6, 6.07) is 14.6. The first kappa shape index (κ1) is 19.5. The zero-order valence-electron chi connectivity index (χ0n) is 16.0. The van der Waals surface area contributed by atoms with Gasteiger partial charge in [0.15, 0.2) is 0 Å². The molecule has 0 unspecified atom stereocenters. The number of fused-ring (bicyclic) bond motifs is 1. The maximum absolute atomic E-state index is 12.6. The van der Waals surface area contributed by atoms with Crippen LogP contribution < -0.4 is 9.46 Å². The summed E-state index contributed by atoms with van der Waals surface area (Å²) in [7, 11) is -1.99. The van der Waals surface area contributed by atoms with E-state index in [0.717, 1.165) is 19.4 Å². The van der Waals surface area contributed by atoms with Gasteiger partial charge in [-0.2, -0.15) is 0 Å². The summed E-state index contributed by atoms with van der Waals surface area (Å²) in [5.41, 5.74) is 2.48. The molecule has 3 rings (SSSR count). The topological polar surface area (TPSA) is 60.3 Å². The van der Waals surface area contributed by atoms with E-state index in [1.54, 1.807) is 31.4 Å². The molecule has 0 amide bonds. The van der Waals surface area contributed by atoms with E-state index in [4.69, 9.17) is 4.74 Å². The van der Waals surface area contributed by atoms with Crippen LogP contribution in [0.1, 0.15) is 25.8 Å². The number of methoxy groups -OCH3 is 1. The zero-order chi connectivity index (χ0) is 19.4. The van der Waals surface area contributed by atoms with Crippen LogP contribution in [0, 0.1) is 0 Å². The number of aromatic nitrogens is 1. The SMILES string of the molecule is CCn1cc(CC[C@H](C)NS(=O)(=O)c2ccc(OC)cc2)c2ccccc21. The second-order valence-corrected chi connectivity index (χ2v) is 8.41. The number of hydrogen-bond acceptors (Lipinski definition) is 3. The number of rotatable bonds is 8. The summed E-state index contributed by atoms with van der Waals surface area (Å²) >= 11 is 0. The smallest absolute Gasteiger partial charge is 0.240 e. The summed E-state index contributed by atoms with van der Waals surface area (Å²) in [6.45, 7) is 4.95. The predicted molar refractivity (Wildman–Crippen MR) is 109 cm³/mol. The van der Waals surface area contributed by atoms with E-state index >= 15 is 0 Å². The maximum Gasteiger partial charge on any atom is 0.240 e. The lowest BCUT2D eigenvalue weighted by Gasteiger charge is -2.14.